The molecule has 1 aromatic carbocycles. The van der Waals surface area contributed by atoms with Gasteiger partial charge in [-0.05, 0) is 30.3 Å². The molecule has 0 spiro atoms. The number of hydrogen-bond acceptors (Lipinski definition) is 3. The zero-order chi connectivity index (χ0) is 13.2. The van der Waals surface area contributed by atoms with E-state index in [9.17, 15) is 9.18 Å². The fourth-order valence-electron chi connectivity index (χ4n) is 1.76. The van der Waals surface area contributed by atoms with Crippen LogP contribution in [-0.4, -0.2) is 21.1 Å². The Morgan fingerprint density at radius 2 is 2.16 bits per heavy atom. The highest BCUT2D eigenvalue weighted by Gasteiger charge is 2.11. The number of carbonyl (C=O) groups excluding carboxylic acids is 1. The summed E-state index contributed by atoms with van der Waals surface area (Å²) in [6.45, 7) is 0. The van der Waals surface area contributed by atoms with Gasteiger partial charge in [-0.1, -0.05) is 6.07 Å². The molecule has 0 radical (unpaired) electrons. The summed E-state index contributed by atoms with van der Waals surface area (Å²) < 4.78 is 13.0. The Bertz CT molecular complexity index is 753. The quantitative estimate of drug-likeness (QED) is 0.739. The lowest BCUT2D eigenvalue weighted by atomic mass is 10.2. The van der Waals surface area contributed by atoms with Gasteiger partial charge in [-0.15, -0.1) is 0 Å². The van der Waals surface area contributed by atoms with Crippen LogP contribution in [0.3, 0.4) is 0 Å². The Morgan fingerprint density at radius 3 is 3.00 bits per heavy atom. The van der Waals surface area contributed by atoms with E-state index in [1.165, 1.54) is 24.3 Å². The number of benzene rings is 1. The number of aromatic nitrogens is 3. The summed E-state index contributed by atoms with van der Waals surface area (Å²) in [6, 6.07) is 9.01. The van der Waals surface area contributed by atoms with Crippen LogP contribution in [0.15, 0.2) is 42.6 Å². The number of amides is 1. The first-order valence-electron chi connectivity index (χ1n) is 5.60. The Balaban J connectivity index is 1.91. The van der Waals surface area contributed by atoms with Gasteiger partial charge in [-0.3, -0.25) is 9.89 Å². The number of nitrogens with one attached hydrogen (secondary N) is 2. The maximum Gasteiger partial charge on any atom is 0.256 e. The lowest BCUT2D eigenvalue weighted by molar-refractivity contribution is 0.102. The van der Waals surface area contributed by atoms with Crippen LogP contribution < -0.4 is 5.32 Å². The molecule has 19 heavy (non-hydrogen) atoms. The molecule has 0 fully saturated rings. The molecule has 0 unspecified atom stereocenters. The molecule has 1 amide bonds. The van der Waals surface area contributed by atoms with Crippen LogP contribution >= 0.6 is 0 Å². The third-order valence-electron chi connectivity index (χ3n) is 2.65. The Hall–Kier alpha value is -2.76. The Labute approximate surface area is 107 Å². The number of pyridine rings is 1. The lowest BCUT2D eigenvalue weighted by Gasteiger charge is -2.03. The van der Waals surface area contributed by atoms with Gasteiger partial charge in [0.05, 0.1) is 5.39 Å². The number of halogens is 1. The number of carbonyl (C=O) groups is 1. The van der Waals surface area contributed by atoms with Crippen LogP contribution in [0.4, 0.5) is 10.2 Å². The van der Waals surface area contributed by atoms with Gasteiger partial charge in [0.1, 0.15) is 11.6 Å². The second-order valence-corrected chi connectivity index (χ2v) is 3.94. The molecule has 3 rings (SSSR count). The summed E-state index contributed by atoms with van der Waals surface area (Å²) in [7, 11) is 0. The summed E-state index contributed by atoms with van der Waals surface area (Å²) >= 11 is 0. The van der Waals surface area contributed by atoms with Gasteiger partial charge in [0.15, 0.2) is 5.65 Å². The van der Waals surface area contributed by atoms with Crippen molar-refractivity contribution < 1.29 is 9.18 Å². The molecule has 0 saturated heterocycles. The monoisotopic (exact) mass is 256 g/mol. The van der Waals surface area contributed by atoms with E-state index in [-0.39, 0.29) is 5.56 Å². The van der Waals surface area contributed by atoms with Crippen molar-refractivity contribution in [2.45, 2.75) is 0 Å². The molecule has 2 N–H and O–H groups in total. The van der Waals surface area contributed by atoms with E-state index in [0.717, 1.165) is 0 Å². The number of anilines is 1. The minimum atomic E-state index is -0.455. The molecule has 3 aromatic rings. The van der Waals surface area contributed by atoms with Gasteiger partial charge >= 0.3 is 0 Å². The molecule has 6 heteroatoms. The fraction of sp³-hybridized carbons (Fsp3) is 0. The number of fused-ring (bicyclic) bond motifs is 1. The van der Waals surface area contributed by atoms with E-state index >= 15 is 0 Å². The average molecular weight is 256 g/mol. The third-order valence-corrected chi connectivity index (χ3v) is 2.65. The lowest BCUT2D eigenvalue weighted by Crippen LogP contribution is -2.12. The maximum atomic E-state index is 13.0. The number of aromatic amines is 1. The van der Waals surface area contributed by atoms with Crippen molar-refractivity contribution in [2.75, 3.05) is 5.32 Å². The zero-order valence-electron chi connectivity index (χ0n) is 9.72. The van der Waals surface area contributed by atoms with Crippen LogP contribution in [0.25, 0.3) is 11.0 Å². The summed E-state index contributed by atoms with van der Waals surface area (Å²) in [5.74, 6) is -0.421. The maximum absolute atomic E-state index is 13.0. The number of hydrogen-bond donors (Lipinski definition) is 2. The molecular formula is C13H9FN4O. The van der Waals surface area contributed by atoms with Gasteiger partial charge in [-0.25, -0.2) is 9.37 Å². The van der Waals surface area contributed by atoms with Gasteiger partial charge in [-0.2, -0.15) is 5.10 Å². The second kappa shape index (κ2) is 4.49. The minimum Gasteiger partial charge on any atom is -0.306 e. The SMILES string of the molecule is O=C(Nc1[nH]nc2ncccc12)c1cccc(F)c1. The molecule has 94 valence electrons. The molecule has 2 heterocycles. The molecule has 2 aromatic heterocycles. The molecule has 5 nitrogen and oxygen atoms in total. The van der Waals surface area contributed by atoms with E-state index in [0.29, 0.717) is 16.9 Å². The van der Waals surface area contributed by atoms with Crippen LogP contribution in [-0.2, 0) is 0 Å². The van der Waals surface area contributed by atoms with Gasteiger partial charge < -0.3 is 5.32 Å². The van der Waals surface area contributed by atoms with Crippen molar-refractivity contribution in [3.8, 4) is 0 Å². The van der Waals surface area contributed by atoms with Crippen molar-refractivity contribution in [3.05, 3.63) is 54.0 Å². The standard InChI is InChI=1S/C13H9FN4O/c14-9-4-1-3-8(7-9)13(19)16-12-10-5-2-6-15-11(10)17-18-12/h1-7H,(H2,15,16,17,18,19). The van der Waals surface area contributed by atoms with E-state index in [1.54, 1.807) is 18.3 Å². The van der Waals surface area contributed by atoms with Crippen molar-refractivity contribution >= 4 is 22.8 Å². The number of nitrogens with zero attached hydrogens (tertiary/aromatic N) is 2. The first-order valence-corrected chi connectivity index (χ1v) is 5.60. The van der Waals surface area contributed by atoms with E-state index < -0.39 is 11.7 Å². The van der Waals surface area contributed by atoms with Gasteiger partial charge in [0.2, 0.25) is 0 Å². The molecule has 0 atom stereocenters. The number of H-pyrrole nitrogens is 1. The summed E-state index contributed by atoms with van der Waals surface area (Å²) in [4.78, 5) is 16.0. The molecular weight excluding hydrogens is 247 g/mol. The van der Waals surface area contributed by atoms with Gasteiger partial charge in [0, 0.05) is 11.8 Å². The normalized spacial score (nSPS) is 10.6. The van der Waals surface area contributed by atoms with Gasteiger partial charge in [0.25, 0.3) is 5.91 Å². The summed E-state index contributed by atoms with van der Waals surface area (Å²) in [6.07, 6.45) is 1.61. The first-order chi connectivity index (χ1) is 9.24. The largest absolute Gasteiger partial charge is 0.306 e. The van der Waals surface area contributed by atoms with Crippen molar-refractivity contribution in [1.82, 2.24) is 15.2 Å². The minimum absolute atomic E-state index is 0.242. The summed E-state index contributed by atoms with van der Waals surface area (Å²) in [5.41, 5.74) is 0.753. The Morgan fingerprint density at radius 1 is 1.26 bits per heavy atom. The predicted molar refractivity (Wildman–Crippen MR) is 68.2 cm³/mol. The smallest absolute Gasteiger partial charge is 0.256 e. The molecule has 0 saturated carbocycles. The highest BCUT2D eigenvalue weighted by molar-refractivity contribution is 6.07. The molecule has 0 bridgehead atoms. The molecule has 0 aliphatic carbocycles. The van der Waals surface area contributed by atoms with Crippen molar-refractivity contribution in [2.24, 2.45) is 0 Å². The Kier molecular flexibility index (Phi) is 2.68. The first kappa shape index (κ1) is 11.3. The molecule has 0 aliphatic heterocycles. The topological polar surface area (TPSA) is 70.7 Å². The number of rotatable bonds is 2. The van der Waals surface area contributed by atoms with Crippen molar-refractivity contribution in [3.63, 3.8) is 0 Å². The van der Waals surface area contributed by atoms with Crippen molar-refractivity contribution in [1.29, 1.82) is 0 Å². The highest BCUT2D eigenvalue weighted by atomic mass is 19.1. The average Bonchev–Trinajstić information content (AvgIpc) is 2.82. The van der Waals surface area contributed by atoms with E-state index in [4.69, 9.17) is 0 Å². The highest BCUT2D eigenvalue weighted by Crippen LogP contribution is 2.18. The zero-order valence-corrected chi connectivity index (χ0v) is 9.72. The van der Waals surface area contributed by atoms with E-state index in [2.05, 4.69) is 20.5 Å². The van der Waals surface area contributed by atoms with Crippen LogP contribution in [0, 0.1) is 5.82 Å². The summed E-state index contributed by atoms with van der Waals surface area (Å²) in [5, 5.41) is 9.99. The van der Waals surface area contributed by atoms with Crippen LogP contribution in [0.2, 0.25) is 0 Å². The third kappa shape index (κ3) is 2.15. The fourth-order valence-corrected chi connectivity index (χ4v) is 1.76. The predicted octanol–water partition coefficient (Wildman–Crippen LogP) is 2.35. The van der Waals surface area contributed by atoms with Crippen LogP contribution in [0.5, 0.6) is 0 Å². The van der Waals surface area contributed by atoms with Crippen LogP contribution in [0.1, 0.15) is 10.4 Å². The molecule has 0 aliphatic rings. The second-order valence-electron chi connectivity index (χ2n) is 3.94. The van der Waals surface area contributed by atoms with E-state index in [1.807, 2.05) is 0 Å².